The number of pyridine rings is 1. The Morgan fingerprint density at radius 2 is 2.12 bits per heavy atom. The number of hydrogen-bond acceptors (Lipinski definition) is 3. The summed E-state index contributed by atoms with van der Waals surface area (Å²) in [7, 11) is -5.64. The van der Waals surface area contributed by atoms with E-state index in [0.29, 0.717) is 0 Å². The van der Waals surface area contributed by atoms with Crippen LogP contribution in [0.25, 0.3) is 0 Å². The van der Waals surface area contributed by atoms with Gasteiger partial charge >= 0.3 is 15.5 Å². The molecule has 6 nitrogen and oxygen atoms in total. The summed E-state index contributed by atoms with van der Waals surface area (Å²) in [5.41, 5.74) is -0.243. The molecule has 0 amide bonds. The van der Waals surface area contributed by atoms with Crippen LogP contribution in [0.5, 0.6) is 0 Å². The molecule has 0 saturated carbocycles. The molecule has 0 aliphatic heterocycles. The van der Waals surface area contributed by atoms with Crippen molar-refractivity contribution in [1.82, 2.24) is 4.98 Å². The SMILES string of the molecule is N/C(=N\S(=O)(=O)C(F)(F)F)Nc1cccnc1. The zero-order valence-corrected chi connectivity index (χ0v) is 8.96. The van der Waals surface area contributed by atoms with Crippen LogP contribution in [0.3, 0.4) is 0 Å². The molecule has 0 saturated heterocycles. The van der Waals surface area contributed by atoms with Crippen molar-refractivity contribution in [1.29, 1.82) is 0 Å². The molecule has 1 heterocycles. The fraction of sp³-hybridized carbons (Fsp3) is 0.143. The first kappa shape index (κ1) is 13.2. The van der Waals surface area contributed by atoms with Crippen molar-refractivity contribution in [2.45, 2.75) is 5.51 Å². The number of aromatic nitrogens is 1. The fourth-order valence-electron chi connectivity index (χ4n) is 0.789. The first-order chi connectivity index (χ1) is 7.72. The second-order valence-electron chi connectivity index (χ2n) is 2.76. The van der Waals surface area contributed by atoms with E-state index in [1.165, 1.54) is 24.5 Å². The summed E-state index contributed by atoms with van der Waals surface area (Å²) in [6.45, 7) is 0. The van der Waals surface area contributed by atoms with E-state index in [1.807, 2.05) is 0 Å². The number of rotatable bonds is 2. The third kappa shape index (κ3) is 3.59. The number of sulfonamides is 1. The highest BCUT2D eigenvalue weighted by molar-refractivity contribution is 7.91. The molecule has 1 rings (SSSR count). The Morgan fingerprint density at radius 1 is 1.47 bits per heavy atom. The highest BCUT2D eigenvalue weighted by Crippen LogP contribution is 2.24. The van der Waals surface area contributed by atoms with E-state index in [2.05, 4.69) is 14.7 Å². The minimum atomic E-state index is -5.64. The Hall–Kier alpha value is -1.84. The first-order valence-electron chi connectivity index (χ1n) is 4.06. The van der Waals surface area contributed by atoms with Gasteiger partial charge in [-0.1, -0.05) is 0 Å². The average Bonchev–Trinajstić information content (AvgIpc) is 2.16. The smallest absolute Gasteiger partial charge is 0.369 e. The number of halogens is 3. The van der Waals surface area contributed by atoms with E-state index in [-0.39, 0.29) is 5.69 Å². The summed E-state index contributed by atoms with van der Waals surface area (Å²) in [5.74, 6) is -0.893. The van der Waals surface area contributed by atoms with Crippen molar-refractivity contribution in [3.63, 3.8) is 0 Å². The highest BCUT2D eigenvalue weighted by Gasteiger charge is 2.46. The van der Waals surface area contributed by atoms with E-state index in [9.17, 15) is 21.6 Å². The Kier molecular flexibility index (Phi) is 3.56. The maximum absolute atomic E-state index is 11.9. The summed E-state index contributed by atoms with van der Waals surface area (Å²) in [6, 6.07) is 2.91. The van der Waals surface area contributed by atoms with Gasteiger partial charge in [-0.2, -0.15) is 21.6 Å². The average molecular weight is 268 g/mol. The van der Waals surface area contributed by atoms with Gasteiger partial charge in [0, 0.05) is 6.20 Å². The molecule has 0 aliphatic carbocycles. The van der Waals surface area contributed by atoms with Gasteiger partial charge in [-0.25, -0.2) is 0 Å². The minimum absolute atomic E-state index is 0.214. The van der Waals surface area contributed by atoms with E-state index >= 15 is 0 Å². The lowest BCUT2D eigenvalue weighted by Gasteiger charge is -2.06. The summed E-state index contributed by atoms with van der Waals surface area (Å²) in [6.07, 6.45) is 2.66. The molecule has 0 bridgehead atoms. The molecule has 0 aromatic carbocycles. The molecular formula is C7H7F3N4O2S. The molecule has 17 heavy (non-hydrogen) atoms. The number of nitrogens with zero attached hydrogens (tertiary/aromatic N) is 2. The molecule has 1 aromatic rings. The van der Waals surface area contributed by atoms with Crippen LogP contribution in [0.1, 0.15) is 0 Å². The van der Waals surface area contributed by atoms with Crippen LogP contribution < -0.4 is 11.1 Å². The van der Waals surface area contributed by atoms with Crippen LogP contribution in [0.2, 0.25) is 0 Å². The van der Waals surface area contributed by atoms with Crippen LogP contribution in [0, 0.1) is 0 Å². The van der Waals surface area contributed by atoms with Crippen LogP contribution in [-0.4, -0.2) is 24.9 Å². The lowest BCUT2D eigenvalue weighted by atomic mass is 10.4. The maximum Gasteiger partial charge on any atom is 0.518 e. The van der Waals surface area contributed by atoms with Gasteiger partial charge in [0.25, 0.3) is 0 Å². The number of nitrogens with one attached hydrogen (secondary N) is 1. The molecule has 0 atom stereocenters. The molecule has 10 heteroatoms. The maximum atomic E-state index is 11.9. The Bertz CT molecular complexity index is 512. The Labute approximate surface area is 94.4 Å². The Balaban J connectivity index is 2.89. The molecule has 0 spiro atoms. The highest BCUT2D eigenvalue weighted by atomic mass is 32.2. The van der Waals surface area contributed by atoms with Gasteiger partial charge < -0.3 is 11.1 Å². The summed E-state index contributed by atoms with van der Waals surface area (Å²) >= 11 is 0. The van der Waals surface area contributed by atoms with E-state index in [0.717, 1.165) is 0 Å². The molecule has 94 valence electrons. The summed E-state index contributed by atoms with van der Waals surface area (Å²) < 4.78 is 59.4. The minimum Gasteiger partial charge on any atom is -0.369 e. The van der Waals surface area contributed by atoms with E-state index in [1.54, 1.807) is 0 Å². The summed E-state index contributed by atoms with van der Waals surface area (Å²) in [4.78, 5) is 3.64. The van der Waals surface area contributed by atoms with Crippen molar-refractivity contribution >= 4 is 21.7 Å². The van der Waals surface area contributed by atoms with Crippen molar-refractivity contribution < 1.29 is 21.6 Å². The predicted octanol–water partition coefficient (Wildman–Crippen LogP) is 0.658. The third-order valence-electron chi connectivity index (χ3n) is 1.44. The first-order valence-corrected chi connectivity index (χ1v) is 5.50. The quantitative estimate of drug-likeness (QED) is 0.606. The Morgan fingerprint density at radius 3 is 2.59 bits per heavy atom. The van der Waals surface area contributed by atoms with E-state index in [4.69, 9.17) is 5.73 Å². The van der Waals surface area contributed by atoms with Gasteiger partial charge in [0.1, 0.15) is 0 Å². The molecule has 0 unspecified atom stereocenters. The topological polar surface area (TPSA) is 97.4 Å². The lowest BCUT2D eigenvalue weighted by Crippen LogP contribution is -2.29. The van der Waals surface area contributed by atoms with E-state index < -0.39 is 21.5 Å². The summed E-state index contributed by atoms with van der Waals surface area (Å²) in [5, 5.41) is 2.16. The number of guanidine groups is 1. The van der Waals surface area contributed by atoms with Crippen molar-refractivity contribution in [2.24, 2.45) is 10.1 Å². The van der Waals surface area contributed by atoms with Gasteiger partial charge in [-0.05, 0) is 12.1 Å². The number of nitrogens with two attached hydrogens (primary N) is 1. The zero-order valence-electron chi connectivity index (χ0n) is 8.14. The lowest BCUT2D eigenvalue weighted by molar-refractivity contribution is -0.0435. The van der Waals surface area contributed by atoms with Crippen LogP contribution in [-0.2, 0) is 10.0 Å². The van der Waals surface area contributed by atoms with Gasteiger partial charge in [0.2, 0.25) is 5.96 Å². The monoisotopic (exact) mass is 268 g/mol. The molecule has 3 N–H and O–H groups in total. The zero-order chi connectivity index (χ0) is 13.1. The molecular weight excluding hydrogens is 261 g/mol. The molecule has 0 radical (unpaired) electrons. The van der Waals surface area contributed by atoms with Crippen LogP contribution >= 0.6 is 0 Å². The van der Waals surface area contributed by atoms with Gasteiger partial charge in [0.15, 0.2) is 0 Å². The molecule has 0 fully saturated rings. The van der Waals surface area contributed by atoms with Gasteiger partial charge in [-0.15, -0.1) is 4.40 Å². The van der Waals surface area contributed by atoms with Crippen LogP contribution in [0.15, 0.2) is 28.9 Å². The second-order valence-corrected chi connectivity index (χ2v) is 4.36. The van der Waals surface area contributed by atoms with Crippen molar-refractivity contribution in [3.05, 3.63) is 24.5 Å². The molecule has 1 aromatic heterocycles. The standard InChI is InChI=1S/C7H7F3N4O2S/c8-7(9,10)17(15,16)14-6(11)13-5-2-1-3-12-4-5/h1-4H,(H3,11,13,14). The fourth-order valence-corrected chi connectivity index (χ4v) is 1.20. The van der Waals surface area contributed by atoms with Crippen LogP contribution in [0.4, 0.5) is 18.9 Å². The van der Waals surface area contributed by atoms with Gasteiger partial charge in [0.05, 0.1) is 11.9 Å². The van der Waals surface area contributed by atoms with Crippen molar-refractivity contribution in [3.8, 4) is 0 Å². The second kappa shape index (κ2) is 4.57. The van der Waals surface area contributed by atoms with Gasteiger partial charge in [-0.3, -0.25) is 4.98 Å². The largest absolute Gasteiger partial charge is 0.518 e. The third-order valence-corrected chi connectivity index (χ3v) is 2.47. The number of hydrogen-bond donors (Lipinski definition) is 2. The normalized spacial score (nSPS) is 13.5. The number of anilines is 1. The van der Waals surface area contributed by atoms with Crippen molar-refractivity contribution in [2.75, 3.05) is 5.32 Å². The molecule has 0 aliphatic rings. The predicted molar refractivity (Wildman–Crippen MR) is 54.5 cm³/mol. The number of alkyl halides is 3.